The fourth-order valence-corrected chi connectivity index (χ4v) is 6.54. The summed E-state index contributed by atoms with van der Waals surface area (Å²) in [6, 6.07) is 4.07. The zero-order chi connectivity index (χ0) is 28.2. The Labute approximate surface area is 231 Å². The van der Waals surface area contributed by atoms with Crippen LogP contribution in [0.1, 0.15) is 38.2 Å². The van der Waals surface area contributed by atoms with Crippen LogP contribution in [-0.4, -0.2) is 63.3 Å². The van der Waals surface area contributed by atoms with Crippen molar-refractivity contribution in [3.8, 4) is 5.88 Å². The lowest BCUT2D eigenvalue weighted by Crippen LogP contribution is -2.42. The van der Waals surface area contributed by atoms with Crippen molar-refractivity contribution in [1.82, 2.24) is 19.5 Å². The first-order valence-electron chi connectivity index (χ1n) is 12.3. The average molecular weight is 600 g/mol. The number of nitrogens with two attached hydrogens (primary N) is 1. The van der Waals surface area contributed by atoms with Crippen molar-refractivity contribution < 1.29 is 46.3 Å². The topological polar surface area (TPSA) is 168 Å². The first kappa shape index (κ1) is 27.1. The molecule has 6 atom stereocenters. The van der Waals surface area contributed by atoms with Crippen molar-refractivity contribution in [3.05, 3.63) is 40.9 Å². The summed E-state index contributed by atoms with van der Waals surface area (Å²) in [6.07, 6.45) is -2.77. The third-order valence-electron chi connectivity index (χ3n) is 6.76. The Morgan fingerprint density at radius 2 is 2.17 bits per heavy atom. The summed E-state index contributed by atoms with van der Waals surface area (Å²) in [7, 11) is -4.10. The first-order chi connectivity index (χ1) is 19.1. The Kier molecular flexibility index (Phi) is 6.84. The van der Waals surface area contributed by atoms with Gasteiger partial charge in [0.05, 0.1) is 37.3 Å². The molecule has 40 heavy (non-hydrogen) atoms. The number of nitrogen functional groups attached to an aromatic ring is 1. The second-order valence-corrected chi connectivity index (χ2v) is 11.4. The van der Waals surface area contributed by atoms with Gasteiger partial charge in [0.1, 0.15) is 11.9 Å². The van der Waals surface area contributed by atoms with E-state index >= 15 is 0 Å². The second kappa shape index (κ2) is 10.1. The molecule has 1 aromatic carbocycles. The number of phosphoric acid groups is 1. The number of benzene rings is 1. The fraction of sp³-hybridized carbons (Fsp3) is 0.478. The number of fused-ring (bicyclic) bond motifs is 2. The Balaban J connectivity index is 1.24. The van der Waals surface area contributed by atoms with Crippen LogP contribution in [-0.2, 0) is 32.3 Å². The fourth-order valence-electron chi connectivity index (χ4n) is 4.96. The van der Waals surface area contributed by atoms with Gasteiger partial charge >= 0.3 is 14.0 Å². The van der Waals surface area contributed by atoms with Crippen molar-refractivity contribution >= 4 is 42.7 Å². The molecule has 0 spiro atoms. The van der Waals surface area contributed by atoms with Gasteiger partial charge in [-0.05, 0) is 31.5 Å². The number of carbonyl (C=O) groups is 1. The normalized spacial score (nSPS) is 31.6. The number of carbonyl (C=O) groups excluding carboxylic acids is 1. The highest BCUT2D eigenvalue weighted by Gasteiger charge is 2.64. The summed E-state index contributed by atoms with van der Waals surface area (Å²) in [6.45, 7) is 3.43. The Bertz CT molecular complexity index is 1530. The third-order valence-corrected chi connectivity index (χ3v) is 8.53. The molecule has 6 rings (SSSR count). The molecule has 0 amide bonds. The largest absolute Gasteiger partial charge is 0.509 e. The van der Waals surface area contributed by atoms with Crippen LogP contribution in [0.4, 0.5) is 15.1 Å². The molecule has 3 saturated heterocycles. The molecule has 3 aliphatic rings. The summed E-state index contributed by atoms with van der Waals surface area (Å²) in [5.74, 6) is -0.460. The Morgan fingerprint density at radius 3 is 2.95 bits per heavy atom. The second-order valence-electron chi connectivity index (χ2n) is 9.38. The average Bonchev–Trinajstić information content (AvgIpc) is 3.53. The predicted octanol–water partition coefficient (Wildman–Crippen LogP) is 4.09. The molecule has 3 fully saturated rings. The number of halogens is 2. The smallest absolute Gasteiger partial charge is 0.476 e. The summed E-state index contributed by atoms with van der Waals surface area (Å²) in [4.78, 5) is 24.9. The van der Waals surface area contributed by atoms with E-state index in [1.165, 1.54) is 29.1 Å². The summed E-state index contributed by atoms with van der Waals surface area (Å²) >= 11 is 5.89. The van der Waals surface area contributed by atoms with E-state index in [-0.39, 0.29) is 35.7 Å². The summed E-state index contributed by atoms with van der Waals surface area (Å²) in [5, 5.41) is -0.0940. The van der Waals surface area contributed by atoms with Gasteiger partial charge in [0.2, 0.25) is 11.8 Å². The van der Waals surface area contributed by atoms with Gasteiger partial charge in [0.15, 0.2) is 29.1 Å². The van der Waals surface area contributed by atoms with Crippen molar-refractivity contribution in [1.29, 1.82) is 0 Å². The highest BCUT2D eigenvalue weighted by atomic mass is 35.5. The summed E-state index contributed by atoms with van der Waals surface area (Å²) in [5.41, 5.74) is 5.65. The minimum Gasteiger partial charge on any atom is -0.476 e. The van der Waals surface area contributed by atoms with Crippen LogP contribution >= 0.6 is 19.4 Å². The molecule has 2 N–H and O–H groups in total. The highest BCUT2D eigenvalue weighted by Crippen LogP contribution is 2.58. The van der Waals surface area contributed by atoms with Crippen LogP contribution in [0.25, 0.3) is 11.2 Å². The van der Waals surface area contributed by atoms with E-state index in [1.54, 1.807) is 13.8 Å². The molecule has 214 valence electrons. The van der Waals surface area contributed by atoms with Gasteiger partial charge in [-0.3, -0.25) is 18.1 Å². The molecule has 3 aliphatic heterocycles. The van der Waals surface area contributed by atoms with Crippen LogP contribution < -0.4 is 10.5 Å². The lowest BCUT2D eigenvalue weighted by Gasteiger charge is -2.30. The first-order valence-corrected chi connectivity index (χ1v) is 14.1. The molecule has 0 aliphatic carbocycles. The molecular formula is C23H24ClFN5O9P. The molecule has 14 nitrogen and oxygen atoms in total. The molecule has 0 saturated carbocycles. The van der Waals surface area contributed by atoms with Crippen molar-refractivity contribution in [2.75, 3.05) is 25.6 Å². The maximum Gasteiger partial charge on any atom is 0.509 e. The number of nitrogens with zero attached hydrogens (tertiary/aromatic N) is 4. The number of imidazole rings is 1. The number of hydrogen-bond donors (Lipinski definition) is 1. The van der Waals surface area contributed by atoms with Crippen LogP contribution in [0.5, 0.6) is 5.88 Å². The van der Waals surface area contributed by atoms with E-state index in [2.05, 4.69) is 15.0 Å². The molecule has 0 bridgehead atoms. The quantitative estimate of drug-likeness (QED) is 0.305. The standard InChI is InChI=1S/C23H24ClFN5O9P/c1-3-33-19-16-18(28-21(26)29-19)30(10-27-16)20-23(2)17(37-22(31)38-23)15(36-20)9-35-40(32)34-7-6-14(39-40)11-4-5-13(25)12(24)8-11/h4-5,8,10,14-15,17,20H,3,6-7,9H2,1-2H3,(H2,26,28,29)/t14-,15-,17-,20-,23-,40+/m1/s1. The number of ether oxygens (including phenoxy) is 4. The molecule has 5 heterocycles. The number of phosphoric ester groups is 1. The molecule has 17 heteroatoms. The van der Waals surface area contributed by atoms with E-state index in [0.29, 0.717) is 24.1 Å². The molecule has 0 unspecified atom stereocenters. The van der Waals surface area contributed by atoms with Crippen LogP contribution in [0.3, 0.4) is 0 Å². The minimum atomic E-state index is -4.10. The van der Waals surface area contributed by atoms with Crippen LogP contribution in [0, 0.1) is 5.82 Å². The van der Waals surface area contributed by atoms with E-state index in [1.807, 2.05) is 0 Å². The third kappa shape index (κ3) is 4.66. The minimum absolute atomic E-state index is 0.0502. The van der Waals surface area contributed by atoms with Crippen molar-refractivity contribution in [2.24, 2.45) is 0 Å². The monoisotopic (exact) mass is 599 g/mol. The summed E-state index contributed by atoms with van der Waals surface area (Å²) < 4.78 is 67.8. The van der Waals surface area contributed by atoms with Gasteiger partial charge in [-0.1, -0.05) is 17.7 Å². The number of anilines is 1. The maximum atomic E-state index is 13.6. The van der Waals surface area contributed by atoms with Crippen LogP contribution in [0.2, 0.25) is 5.02 Å². The number of rotatable bonds is 7. The number of hydrogen-bond acceptors (Lipinski definition) is 13. The SMILES string of the molecule is CCOc1nc(N)nc2c1ncn2[C@@H]1O[C@H](CO[P@]2(=O)OCC[C@H](c3ccc(F)c(Cl)c3)O2)[C@H]2OC(=O)O[C@]21C. The maximum absolute atomic E-state index is 13.6. The van der Waals surface area contributed by atoms with Gasteiger partial charge in [0.25, 0.3) is 0 Å². The van der Waals surface area contributed by atoms with E-state index in [9.17, 15) is 13.8 Å². The van der Waals surface area contributed by atoms with Gasteiger partial charge < -0.3 is 24.7 Å². The molecule has 0 radical (unpaired) electrons. The van der Waals surface area contributed by atoms with E-state index in [4.69, 9.17) is 49.9 Å². The lowest BCUT2D eigenvalue weighted by atomic mass is 9.96. The molecule has 2 aromatic heterocycles. The zero-order valence-corrected chi connectivity index (χ0v) is 22.8. The Morgan fingerprint density at radius 1 is 1.35 bits per heavy atom. The van der Waals surface area contributed by atoms with Gasteiger partial charge in [-0.2, -0.15) is 9.97 Å². The Hall–Kier alpha value is -3.07. The molecule has 3 aromatic rings. The lowest BCUT2D eigenvalue weighted by molar-refractivity contribution is -0.0925. The van der Waals surface area contributed by atoms with Gasteiger partial charge in [0, 0.05) is 6.42 Å². The van der Waals surface area contributed by atoms with E-state index in [0.717, 1.165) is 0 Å². The van der Waals surface area contributed by atoms with Gasteiger partial charge in [-0.15, -0.1) is 0 Å². The molecular weight excluding hydrogens is 576 g/mol. The van der Waals surface area contributed by atoms with Gasteiger partial charge in [-0.25, -0.2) is 18.7 Å². The number of aromatic nitrogens is 4. The van der Waals surface area contributed by atoms with Crippen molar-refractivity contribution in [3.63, 3.8) is 0 Å². The zero-order valence-electron chi connectivity index (χ0n) is 21.2. The van der Waals surface area contributed by atoms with E-state index < -0.39 is 49.9 Å². The van der Waals surface area contributed by atoms with Crippen LogP contribution in [0.15, 0.2) is 24.5 Å². The predicted molar refractivity (Wildman–Crippen MR) is 134 cm³/mol. The van der Waals surface area contributed by atoms with Crippen molar-refractivity contribution in [2.45, 2.75) is 50.4 Å². The highest BCUT2D eigenvalue weighted by molar-refractivity contribution is 7.48.